The minimum Gasteiger partial charge on any atom is -0.259 e. The lowest BCUT2D eigenvalue weighted by Crippen LogP contribution is -2.20. The summed E-state index contributed by atoms with van der Waals surface area (Å²) in [5.74, 6) is 0.975. The van der Waals surface area contributed by atoms with Gasteiger partial charge in [-0.05, 0) is 19.3 Å². The van der Waals surface area contributed by atoms with E-state index in [1.807, 2.05) is 0 Å². The first kappa shape index (κ1) is 21.2. The van der Waals surface area contributed by atoms with Gasteiger partial charge in [-0.3, -0.25) is 4.21 Å². The molecule has 0 saturated heterocycles. The fourth-order valence-corrected chi connectivity index (χ4v) is 5.44. The highest BCUT2D eigenvalue weighted by Gasteiger charge is 2.18. The Morgan fingerprint density at radius 1 is 0.652 bits per heavy atom. The molecule has 1 nitrogen and oxygen atoms in total. The van der Waals surface area contributed by atoms with Crippen LogP contribution in [0.25, 0.3) is 0 Å². The summed E-state index contributed by atoms with van der Waals surface area (Å²) in [4.78, 5) is 0. The Labute approximate surface area is 148 Å². The van der Waals surface area contributed by atoms with Crippen LogP contribution in [-0.4, -0.2) is 15.2 Å². The van der Waals surface area contributed by atoms with E-state index in [4.69, 9.17) is 0 Å². The molecule has 0 N–H and O–H groups in total. The van der Waals surface area contributed by atoms with Crippen molar-refractivity contribution in [1.82, 2.24) is 0 Å². The van der Waals surface area contributed by atoms with Crippen molar-refractivity contribution >= 4 is 10.8 Å². The second-order valence-corrected chi connectivity index (χ2v) is 9.42. The van der Waals surface area contributed by atoms with Crippen LogP contribution in [0.3, 0.4) is 0 Å². The third kappa shape index (κ3) is 12.2. The highest BCUT2D eigenvalue weighted by atomic mass is 32.2. The third-order valence-electron chi connectivity index (χ3n) is 5.37. The van der Waals surface area contributed by atoms with Crippen molar-refractivity contribution < 1.29 is 4.21 Å². The molecular formula is C21H42OS. The van der Waals surface area contributed by atoms with Crippen molar-refractivity contribution in [3.8, 4) is 0 Å². The summed E-state index contributed by atoms with van der Waals surface area (Å²) in [5, 5.41) is 0.543. The third-order valence-corrected chi connectivity index (χ3v) is 7.28. The number of hydrogen-bond acceptors (Lipinski definition) is 1. The predicted molar refractivity (Wildman–Crippen MR) is 106 cm³/mol. The first-order valence-corrected chi connectivity index (χ1v) is 12.1. The van der Waals surface area contributed by atoms with E-state index in [9.17, 15) is 4.21 Å². The van der Waals surface area contributed by atoms with Crippen molar-refractivity contribution in [2.24, 2.45) is 0 Å². The van der Waals surface area contributed by atoms with Crippen LogP contribution in [0.15, 0.2) is 0 Å². The lowest BCUT2D eigenvalue weighted by Gasteiger charge is -2.20. The molecule has 0 aromatic heterocycles. The van der Waals surface area contributed by atoms with E-state index in [0.717, 1.165) is 5.75 Å². The quantitative estimate of drug-likeness (QED) is 0.288. The molecule has 0 aromatic rings. The maximum atomic E-state index is 12.2. The van der Waals surface area contributed by atoms with Gasteiger partial charge in [-0.15, -0.1) is 0 Å². The zero-order chi connectivity index (χ0) is 16.6. The van der Waals surface area contributed by atoms with Crippen molar-refractivity contribution in [3.05, 3.63) is 0 Å². The average Bonchev–Trinajstić information content (AvgIpc) is 2.59. The van der Waals surface area contributed by atoms with Crippen LogP contribution in [0, 0.1) is 0 Å². The highest BCUT2D eigenvalue weighted by Crippen LogP contribution is 2.22. The standard InChI is InChI=1S/C21H42OS/c1-2-3-4-5-6-7-8-9-10-11-12-13-17-20-23(22)21-18-15-14-16-19-21/h21H,2-20H2,1H3. The second kappa shape index (κ2) is 15.7. The molecule has 0 aliphatic heterocycles. The fourth-order valence-electron chi connectivity index (χ4n) is 3.76. The lowest BCUT2D eigenvalue weighted by molar-refractivity contribution is 0.503. The van der Waals surface area contributed by atoms with Crippen molar-refractivity contribution in [2.45, 2.75) is 128 Å². The zero-order valence-electron chi connectivity index (χ0n) is 15.8. The van der Waals surface area contributed by atoms with Gasteiger partial charge in [0.05, 0.1) is 0 Å². The summed E-state index contributed by atoms with van der Waals surface area (Å²) in [6.45, 7) is 2.29. The van der Waals surface area contributed by atoms with Crippen LogP contribution in [0.5, 0.6) is 0 Å². The predicted octanol–water partition coefficient (Wildman–Crippen LogP) is 7.16. The minimum atomic E-state index is -0.522. The van der Waals surface area contributed by atoms with Gasteiger partial charge in [0.2, 0.25) is 0 Å². The van der Waals surface area contributed by atoms with Crippen LogP contribution >= 0.6 is 0 Å². The van der Waals surface area contributed by atoms with Gasteiger partial charge in [0.15, 0.2) is 0 Å². The van der Waals surface area contributed by atoms with Gasteiger partial charge < -0.3 is 0 Å². The number of unbranched alkanes of at least 4 members (excludes halogenated alkanes) is 12. The Hall–Kier alpha value is 0.150. The fraction of sp³-hybridized carbons (Fsp3) is 1.00. The maximum Gasteiger partial charge on any atom is 0.0348 e. The molecule has 1 fully saturated rings. The largest absolute Gasteiger partial charge is 0.259 e. The summed E-state index contributed by atoms with van der Waals surface area (Å²) in [7, 11) is -0.522. The first-order chi connectivity index (χ1) is 11.3. The van der Waals surface area contributed by atoms with Crippen LogP contribution in [0.1, 0.15) is 122 Å². The molecule has 0 aromatic carbocycles. The molecule has 1 unspecified atom stereocenters. The summed E-state index contributed by atoms with van der Waals surface area (Å²) in [6.07, 6.45) is 24.6. The van der Waals surface area contributed by atoms with Crippen molar-refractivity contribution in [1.29, 1.82) is 0 Å². The summed E-state index contributed by atoms with van der Waals surface area (Å²) in [6, 6.07) is 0. The van der Waals surface area contributed by atoms with Crippen LogP contribution in [0.4, 0.5) is 0 Å². The van der Waals surface area contributed by atoms with Gasteiger partial charge in [-0.2, -0.15) is 0 Å². The van der Waals surface area contributed by atoms with E-state index in [0.29, 0.717) is 5.25 Å². The SMILES string of the molecule is CCCCCCCCCCCCCCCS(=O)C1CCCCC1. The maximum absolute atomic E-state index is 12.2. The Balaban J connectivity index is 1.76. The highest BCUT2D eigenvalue weighted by molar-refractivity contribution is 7.85. The molecule has 1 aliphatic rings. The summed E-state index contributed by atoms with van der Waals surface area (Å²) >= 11 is 0. The Bertz CT molecular complexity index is 271. The molecule has 138 valence electrons. The van der Waals surface area contributed by atoms with Crippen molar-refractivity contribution in [3.63, 3.8) is 0 Å². The van der Waals surface area contributed by atoms with Gasteiger partial charge in [-0.25, -0.2) is 0 Å². The minimum absolute atomic E-state index is 0.522. The van der Waals surface area contributed by atoms with Crippen LogP contribution < -0.4 is 0 Å². The monoisotopic (exact) mass is 342 g/mol. The Morgan fingerprint density at radius 2 is 1.09 bits per heavy atom. The van der Waals surface area contributed by atoms with Gasteiger partial charge in [-0.1, -0.05) is 103 Å². The molecule has 1 aliphatic carbocycles. The molecule has 0 spiro atoms. The molecule has 0 amide bonds. The van der Waals surface area contributed by atoms with E-state index in [1.165, 1.54) is 116 Å². The van der Waals surface area contributed by atoms with Gasteiger partial charge in [0, 0.05) is 21.8 Å². The van der Waals surface area contributed by atoms with Gasteiger partial charge in [0.25, 0.3) is 0 Å². The van der Waals surface area contributed by atoms with Gasteiger partial charge >= 0.3 is 0 Å². The van der Waals surface area contributed by atoms with Crippen LogP contribution in [-0.2, 0) is 10.8 Å². The molecule has 23 heavy (non-hydrogen) atoms. The van der Waals surface area contributed by atoms with E-state index in [2.05, 4.69) is 6.92 Å². The summed E-state index contributed by atoms with van der Waals surface area (Å²) in [5.41, 5.74) is 0. The second-order valence-electron chi connectivity index (χ2n) is 7.59. The summed E-state index contributed by atoms with van der Waals surface area (Å²) < 4.78 is 12.2. The zero-order valence-corrected chi connectivity index (χ0v) is 16.6. The van der Waals surface area contributed by atoms with E-state index in [-0.39, 0.29) is 0 Å². The van der Waals surface area contributed by atoms with E-state index < -0.39 is 10.8 Å². The van der Waals surface area contributed by atoms with E-state index in [1.54, 1.807) is 0 Å². The number of rotatable bonds is 15. The molecule has 1 atom stereocenters. The molecule has 1 rings (SSSR count). The molecular weight excluding hydrogens is 300 g/mol. The van der Waals surface area contributed by atoms with Gasteiger partial charge in [0.1, 0.15) is 0 Å². The van der Waals surface area contributed by atoms with Crippen molar-refractivity contribution in [2.75, 3.05) is 5.75 Å². The van der Waals surface area contributed by atoms with E-state index >= 15 is 0 Å². The topological polar surface area (TPSA) is 17.1 Å². The average molecular weight is 343 g/mol. The number of hydrogen-bond donors (Lipinski definition) is 0. The Morgan fingerprint density at radius 3 is 1.57 bits per heavy atom. The smallest absolute Gasteiger partial charge is 0.0348 e. The van der Waals surface area contributed by atoms with Crippen LogP contribution in [0.2, 0.25) is 0 Å². The molecule has 0 heterocycles. The molecule has 2 heteroatoms. The lowest BCUT2D eigenvalue weighted by atomic mass is 10.0. The Kier molecular flexibility index (Phi) is 14.4. The normalized spacial score (nSPS) is 17.4. The molecule has 1 saturated carbocycles. The molecule has 0 bridgehead atoms. The molecule has 0 radical (unpaired) electrons. The first-order valence-electron chi connectivity index (χ1n) is 10.7.